The van der Waals surface area contributed by atoms with E-state index in [0.29, 0.717) is 5.69 Å². The molecular weight excluding hydrogens is 274 g/mol. The topological polar surface area (TPSA) is 114 Å². The summed E-state index contributed by atoms with van der Waals surface area (Å²) < 4.78 is 2.44. The van der Waals surface area contributed by atoms with Crippen molar-refractivity contribution in [2.75, 3.05) is 0 Å². The molecule has 4 rings (SSSR count). The molecule has 21 heavy (non-hydrogen) atoms. The number of benzene rings is 1. The molecule has 0 atom stereocenters. The van der Waals surface area contributed by atoms with Crippen LogP contribution in [0.5, 0.6) is 0 Å². The van der Waals surface area contributed by atoms with Gasteiger partial charge >= 0.3 is 5.69 Å². The van der Waals surface area contributed by atoms with Crippen LogP contribution >= 0.6 is 0 Å². The Morgan fingerprint density at radius 1 is 1.14 bits per heavy atom. The third-order valence-electron chi connectivity index (χ3n) is 3.26. The van der Waals surface area contributed by atoms with Crippen molar-refractivity contribution in [2.45, 2.75) is 6.92 Å². The summed E-state index contributed by atoms with van der Waals surface area (Å²) >= 11 is 0. The van der Waals surface area contributed by atoms with Gasteiger partial charge in [-0.25, -0.2) is 14.6 Å². The molecule has 0 fully saturated rings. The number of nitrogens with zero attached hydrogens (tertiary/aromatic N) is 5. The zero-order chi connectivity index (χ0) is 14.6. The van der Waals surface area contributed by atoms with Crippen molar-refractivity contribution in [1.82, 2.24) is 34.8 Å². The minimum atomic E-state index is -0.533. The summed E-state index contributed by atoms with van der Waals surface area (Å²) in [5, 5.41) is 16.5. The lowest BCUT2D eigenvalue weighted by Gasteiger charge is -2.01. The minimum Gasteiger partial charge on any atom is -0.266 e. The highest BCUT2D eigenvalue weighted by Gasteiger charge is 2.16. The standard InChI is InChI=1S/C12H9N7O2/c1-6-2-4-7(5-3-6)18-9-8(13-17-18)10-14-15-12(21)19(10)16-11(9)20/h2-5H,1H3,(H,15,21)(H,16,20). The first kappa shape index (κ1) is 11.6. The molecule has 0 aliphatic carbocycles. The number of aromatic nitrogens is 7. The summed E-state index contributed by atoms with van der Waals surface area (Å²) in [5.74, 6) is 0. The molecule has 4 aromatic rings. The summed E-state index contributed by atoms with van der Waals surface area (Å²) in [6, 6.07) is 7.50. The molecule has 3 heterocycles. The highest BCUT2D eigenvalue weighted by atomic mass is 16.2. The van der Waals surface area contributed by atoms with E-state index < -0.39 is 11.2 Å². The van der Waals surface area contributed by atoms with Crippen LogP contribution in [0.4, 0.5) is 0 Å². The Morgan fingerprint density at radius 3 is 2.67 bits per heavy atom. The average Bonchev–Trinajstić information content (AvgIpc) is 3.05. The van der Waals surface area contributed by atoms with Gasteiger partial charge in [0.15, 0.2) is 11.0 Å². The van der Waals surface area contributed by atoms with E-state index in [0.717, 1.165) is 10.1 Å². The number of rotatable bonds is 1. The summed E-state index contributed by atoms with van der Waals surface area (Å²) in [7, 11) is 0. The van der Waals surface area contributed by atoms with Gasteiger partial charge in [0.2, 0.25) is 5.65 Å². The van der Waals surface area contributed by atoms with Crippen molar-refractivity contribution in [1.29, 1.82) is 0 Å². The summed E-state index contributed by atoms with van der Waals surface area (Å²) in [6.45, 7) is 1.97. The van der Waals surface area contributed by atoms with E-state index in [9.17, 15) is 9.59 Å². The van der Waals surface area contributed by atoms with Gasteiger partial charge in [0.25, 0.3) is 5.56 Å². The van der Waals surface area contributed by atoms with Gasteiger partial charge in [-0.15, -0.1) is 10.2 Å². The monoisotopic (exact) mass is 283 g/mol. The van der Waals surface area contributed by atoms with Crippen LogP contribution in [-0.2, 0) is 0 Å². The average molecular weight is 283 g/mol. The lowest BCUT2D eigenvalue weighted by Crippen LogP contribution is -2.21. The second-order valence-electron chi connectivity index (χ2n) is 4.66. The Kier molecular flexibility index (Phi) is 2.14. The van der Waals surface area contributed by atoms with Crippen LogP contribution in [0.1, 0.15) is 5.56 Å². The third kappa shape index (κ3) is 1.54. The maximum absolute atomic E-state index is 12.2. The van der Waals surface area contributed by atoms with E-state index in [4.69, 9.17) is 0 Å². The molecule has 1 aromatic carbocycles. The van der Waals surface area contributed by atoms with E-state index >= 15 is 0 Å². The fraction of sp³-hybridized carbons (Fsp3) is 0.0833. The predicted octanol–water partition coefficient (Wildman–Crippen LogP) is -0.247. The fourth-order valence-electron chi connectivity index (χ4n) is 2.22. The van der Waals surface area contributed by atoms with Gasteiger partial charge in [0.1, 0.15) is 0 Å². The Labute approximate surface area is 115 Å². The van der Waals surface area contributed by atoms with E-state index in [-0.39, 0.29) is 16.7 Å². The largest absolute Gasteiger partial charge is 0.362 e. The molecule has 2 N–H and O–H groups in total. The number of H-pyrrole nitrogens is 2. The zero-order valence-electron chi connectivity index (χ0n) is 10.9. The van der Waals surface area contributed by atoms with Crippen LogP contribution in [0.25, 0.3) is 22.4 Å². The summed E-state index contributed by atoms with van der Waals surface area (Å²) in [6.07, 6.45) is 0. The molecule has 0 amide bonds. The van der Waals surface area contributed by atoms with Crippen LogP contribution < -0.4 is 11.2 Å². The Bertz CT molecular complexity index is 1080. The van der Waals surface area contributed by atoms with E-state index in [1.807, 2.05) is 31.2 Å². The number of fused-ring (bicyclic) bond motifs is 3. The lowest BCUT2D eigenvalue weighted by atomic mass is 10.2. The lowest BCUT2D eigenvalue weighted by molar-refractivity contribution is 0.816. The number of aryl methyl sites for hydroxylation is 1. The van der Waals surface area contributed by atoms with Crippen LogP contribution in [0.15, 0.2) is 33.9 Å². The maximum Gasteiger partial charge on any atom is 0.362 e. The second-order valence-corrected chi connectivity index (χ2v) is 4.66. The van der Waals surface area contributed by atoms with Crippen molar-refractivity contribution >= 4 is 16.7 Å². The maximum atomic E-state index is 12.2. The molecule has 9 heteroatoms. The molecule has 0 saturated carbocycles. The quantitative estimate of drug-likeness (QED) is 0.500. The van der Waals surface area contributed by atoms with Crippen LogP contribution in [0.2, 0.25) is 0 Å². The van der Waals surface area contributed by atoms with Gasteiger partial charge in [0.05, 0.1) is 5.69 Å². The van der Waals surface area contributed by atoms with Gasteiger partial charge in [-0.1, -0.05) is 22.9 Å². The molecule has 0 radical (unpaired) electrons. The molecule has 9 nitrogen and oxygen atoms in total. The molecule has 0 aliphatic rings. The van der Waals surface area contributed by atoms with Crippen molar-refractivity contribution in [3.8, 4) is 5.69 Å². The van der Waals surface area contributed by atoms with E-state index in [1.165, 1.54) is 4.68 Å². The first-order valence-corrected chi connectivity index (χ1v) is 6.17. The van der Waals surface area contributed by atoms with E-state index in [2.05, 4.69) is 25.6 Å². The number of aromatic amines is 2. The number of nitrogens with one attached hydrogen (secondary N) is 2. The van der Waals surface area contributed by atoms with Crippen LogP contribution in [-0.4, -0.2) is 34.8 Å². The van der Waals surface area contributed by atoms with Crippen LogP contribution in [0, 0.1) is 6.92 Å². The van der Waals surface area contributed by atoms with Crippen molar-refractivity contribution in [3.05, 3.63) is 50.7 Å². The molecule has 3 aromatic heterocycles. The van der Waals surface area contributed by atoms with Crippen molar-refractivity contribution < 1.29 is 0 Å². The zero-order valence-corrected chi connectivity index (χ0v) is 10.9. The molecule has 0 unspecified atom stereocenters. The molecule has 0 spiro atoms. The molecule has 0 saturated heterocycles. The highest BCUT2D eigenvalue weighted by Crippen LogP contribution is 2.15. The Morgan fingerprint density at radius 2 is 1.90 bits per heavy atom. The third-order valence-corrected chi connectivity index (χ3v) is 3.26. The first-order valence-electron chi connectivity index (χ1n) is 6.17. The smallest absolute Gasteiger partial charge is 0.266 e. The van der Waals surface area contributed by atoms with Gasteiger partial charge in [-0.2, -0.15) is 4.52 Å². The van der Waals surface area contributed by atoms with Gasteiger partial charge in [-0.05, 0) is 19.1 Å². The second kappa shape index (κ2) is 3.88. The Balaban J connectivity index is 2.13. The fourth-order valence-corrected chi connectivity index (χ4v) is 2.22. The van der Waals surface area contributed by atoms with Crippen molar-refractivity contribution in [2.24, 2.45) is 0 Å². The van der Waals surface area contributed by atoms with E-state index in [1.54, 1.807) is 0 Å². The summed E-state index contributed by atoms with van der Waals surface area (Å²) in [5.41, 5.74) is 1.53. The number of hydrogen-bond donors (Lipinski definition) is 2. The van der Waals surface area contributed by atoms with Crippen LogP contribution in [0.3, 0.4) is 0 Å². The predicted molar refractivity (Wildman–Crippen MR) is 73.6 cm³/mol. The summed E-state index contributed by atoms with van der Waals surface area (Å²) in [4.78, 5) is 23.7. The van der Waals surface area contributed by atoms with Crippen molar-refractivity contribution in [3.63, 3.8) is 0 Å². The minimum absolute atomic E-state index is 0.230. The van der Waals surface area contributed by atoms with Gasteiger partial charge < -0.3 is 0 Å². The SMILES string of the molecule is Cc1ccc(-n2nnc3c2c(=O)[nH]n2c(=O)[nH]nc32)cc1. The molecule has 104 valence electrons. The molecule has 0 bridgehead atoms. The van der Waals surface area contributed by atoms with Gasteiger partial charge in [0, 0.05) is 0 Å². The first-order chi connectivity index (χ1) is 10.1. The number of hydrogen-bond acceptors (Lipinski definition) is 5. The molecular formula is C12H9N7O2. The van der Waals surface area contributed by atoms with Gasteiger partial charge in [-0.3, -0.25) is 9.89 Å². The normalized spacial score (nSPS) is 11.5. The Hall–Kier alpha value is -3.23. The highest BCUT2D eigenvalue weighted by molar-refractivity contribution is 5.87. The molecule has 0 aliphatic heterocycles.